The molecule has 3 N–H and O–H groups in total. The number of benzene rings is 1. The molecule has 1 unspecified atom stereocenters. The van der Waals surface area contributed by atoms with Crippen LogP contribution in [0.3, 0.4) is 0 Å². The predicted molar refractivity (Wildman–Crippen MR) is 82.1 cm³/mol. The quantitative estimate of drug-likeness (QED) is 0.741. The second-order valence-corrected chi connectivity index (χ2v) is 5.74. The van der Waals surface area contributed by atoms with Crippen molar-refractivity contribution in [1.82, 2.24) is 5.32 Å². The van der Waals surface area contributed by atoms with Crippen LogP contribution in [0.15, 0.2) is 18.2 Å². The zero-order valence-electron chi connectivity index (χ0n) is 13.4. The number of ether oxygens (including phenoxy) is 2. The van der Waals surface area contributed by atoms with Gasteiger partial charge in [-0.2, -0.15) is 0 Å². The number of rotatable bonds is 4. The summed E-state index contributed by atoms with van der Waals surface area (Å²) in [4.78, 5) is 23.6. The van der Waals surface area contributed by atoms with Gasteiger partial charge in [-0.15, -0.1) is 0 Å². The lowest BCUT2D eigenvalue weighted by atomic mass is 10.2. The van der Waals surface area contributed by atoms with Crippen molar-refractivity contribution in [1.29, 1.82) is 0 Å². The average Bonchev–Trinajstić information content (AvgIpc) is 2.38. The van der Waals surface area contributed by atoms with Gasteiger partial charge in [-0.3, -0.25) is 4.79 Å². The van der Waals surface area contributed by atoms with Gasteiger partial charge < -0.3 is 25.2 Å². The van der Waals surface area contributed by atoms with Crippen LogP contribution in [-0.2, 0) is 9.53 Å². The van der Waals surface area contributed by atoms with Crippen molar-refractivity contribution in [3.63, 3.8) is 0 Å². The lowest BCUT2D eigenvalue weighted by Gasteiger charge is -2.21. The van der Waals surface area contributed by atoms with E-state index in [1.807, 2.05) is 0 Å². The Balaban J connectivity index is 2.67. The van der Waals surface area contributed by atoms with Gasteiger partial charge in [-0.1, -0.05) is 0 Å². The molecule has 1 aromatic carbocycles. The fourth-order valence-corrected chi connectivity index (χ4v) is 1.53. The smallest absolute Gasteiger partial charge is 0.408 e. The molecule has 0 aliphatic rings. The Labute approximate surface area is 129 Å². The van der Waals surface area contributed by atoms with Crippen molar-refractivity contribution in [3.05, 3.63) is 18.2 Å². The molecule has 0 radical (unpaired) electrons. The number of alkyl carbamates (subject to hydrolysis) is 1. The van der Waals surface area contributed by atoms with Gasteiger partial charge in [0, 0.05) is 6.07 Å². The monoisotopic (exact) mass is 310 g/mol. The minimum atomic E-state index is -0.833. The van der Waals surface area contributed by atoms with E-state index in [1.54, 1.807) is 26.8 Å². The summed E-state index contributed by atoms with van der Waals surface area (Å²) in [5.74, 6) is -0.103. The van der Waals surface area contributed by atoms with Crippen molar-refractivity contribution in [2.75, 3.05) is 12.4 Å². The van der Waals surface area contributed by atoms with Crippen LogP contribution in [0.2, 0.25) is 0 Å². The number of hydrogen-bond donors (Lipinski definition) is 3. The summed E-state index contributed by atoms with van der Waals surface area (Å²) in [5.41, 5.74) is -0.451. The second kappa shape index (κ2) is 7.02. The van der Waals surface area contributed by atoms with E-state index in [0.717, 1.165) is 0 Å². The minimum absolute atomic E-state index is 0.0985. The van der Waals surface area contributed by atoms with Crippen LogP contribution in [0.5, 0.6) is 11.5 Å². The van der Waals surface area contributed by atoms with Crippen molar-refractivity contribution in [2.24, 2.45) is 0 Å². The van der Waals surface area contributed by atoms with Gasteiger partial charge >= 0.3 is 6.09 Å². The molecule has 0 spiro atoms. The summed E-state index contributed by atoms with van der Waals surface area (Å²) in [7, 11) is 1.48. The highest BCUT2D eigenvalue weighted by atomic mass is 16.6. The number of methoxy groups -OCH3 is 1. The van der Waals surface area contributed by atoms with E-state index in [4.69, 9.17) is 9.47 Å². The SMILES string of the molecule is COc1ccc(O)c(NC(=O)C(C)NC(=O)OC(C)(C)C)c1. The number of phenolic OH excluding ortho intramolecular Hbond substituents is 1. The Hall–Kier alpha value is -2.44. The molecule has 7 heteroatoms. The van der Waals surface area contributed by atoms with Crippen molar-refractivity contribution in [3.8, 4) is 11.5 Å². The lowest BCUT2D eigenvalue weighted by molar-refractivity contribution is -0.117. The molecule has 0 saturated carbocycles. The van der Waals surface area contributed by atoms with Gasteiger partial charge in [-0.25, -0.2) is 4.79 Å². The summed E-state index contributed by atoms with van der Waals surface area (Å²) in [6.07, 6.45) is -0.690. The van der Waals surface area contributed by atoms with Crippen LogP contribution in [0.1, 0.15) is 27.7 Å². The number of phenols is 1. The minimum Gasteiger partial charge on any atom is -0.506 e. The molecule has 0 fully saturated rings. The van der Waals surface area contributed by atoms with Gasteiger partial charge in [0.25, 0.3) is 0 Å². The molecule has 0 bridgehead atoms. The Bertz CT molecular complexity index is 551. The number of amides is 2. The van der Waals surface area contributed by atoms with E-state index in [9.17, 15) is 14.7 Å². The highest BCUT2D eigenvalue weighted by molar-refractivity contribution is 5.97. The highest BCUT2D eigenvalue weighted by Gasteiger charge is 2.21. The Morgan fingerprint density at radius 1 is 1.27 bits per heavy atom. The second-order valence-electron chi connectivity index (χ2n) is 5.74. The summed E-state index contributed by atoms with van der Waals surface area (Å²) >= 11 is 0. The molecule has 122 valence electrons. The topological polar surface area (TPSA) is 96.9 Å². The Morgan fingerprint density at radius 2 is 1.91 bits per heavy atom. The first-order chi connectivity index (χ1) is 10.1. The van der Waals surface area contributed by atoms with Crippen LogP contribution in [0, 0.1) is 0 Å². The summed E-state index contributed by atoms with van der Waals surface area (Å²) in [6, 6.07) is 3.61. The Kier molecular flexibility index (Phi) is 5.62. The van der Waals surface area contributed by atoms with E-state index in [0.29, 0.717) is 5.75 Å². The standard InChI is InChI=1S/C15H22N2O5/c1-9(16-14(20)22-15(2,3)4)13(19)17-11-8-10(21-5)6-7-12(11)18/h6-9,18H,1-5H3,(H,16,20)(H,17,19). The fourth-order valence-electron chi connectivity index (χ4n) is 1.53. The Morgan fingerprint density at radius 3 is 2.45 bits per heavy atom. The zero-order valence-corrected chi connectivity index (χ0v) is 13.4. The third-order valence-corrected chi connectivity index (χ3v) is 2.59. The number of carbonyl (C=O) groups is 2. The van der Waals surface area contributed by atoms with E-state index < -0.39 is 23.6 Å². The first-order valence-corrected chi connectivity index (χ1v) is 6.80. The molecule has 7 nitrogen and oxygen atoms in total. The first-order valence-electron chi connectivity index (χ1n) is 6.80. The molecule has 0 saturated heterocycles. The van der Waals surface area contributed by atoms with Crippen molar-refractivity contribution in [2.45, 2.75) is 39.3 Å². The molecule has 1 aromatic rings. The van der Waals surface area contributed by atoms with Crippen LogP contribution in [-0.4, -0.2) is 35.9 Å². The molecule has 0 aromatic heterocycles. The molecule has 22 heavy (non-hydrogen) atoms. The molecular formula is C15H22N2O5. The molecule has 1 atom stereocenters. The van der Waals surface area contributed by atoms with Gasteiger partial charge in [0.05, 0.1) is 12.8 Å². The summed E-state index contributed by atoms with van der Waals surface area (Å²) < 4.78 is 10.1. The molecule has 0 aliphatic carbocycles. The summed E-state index contributed by atoms with van der Waals surface area (Å²) in [5, 5.41) is 14.6. The maximum Gasteiger partial charge on any atom is 0.408 e. The molecular weight excluding hydrogens is 288 g/mol. The number of hydrogen-bond acceptors (Lipinski definition) is 5. The summed E-state index contributed by atoms with van der Waals surface area (Å²) in [6.45, 7) is 6.69. The molecule has 0 heterocycles. The fraction of sp³-hybridized carbons (Fsp3) is 0.467. The normalized spacial score (nSPS) is 12.2. The van der Waals surface area contributed by atoms with E-state index in [2.05, 4.69) is 10.6 Å². The van der Waals surface area contributed by atoms with Crippen molar-refractivity contribution < 1.29 is 24.2 Å². The predicted octanol–water partition coefficient (Wildman–Crippen LogP) is 2.25. The average molecular weight is 310 g/mol. The maximum absolute atomic E-state index is 12.0. The number of anilines is 1. The first kappa shape index (κ1) is 17.6. The molecule has 0 aliphatic heterocycles. The van der Waals surface area contributed by atoms with Crippen LogP contribution >= 0.6 is 0 Å². The maximum atomic E-state index is 12.0. The van der Waals surface area contributed by atoms with Crippen LogP contribution in [0.25, 0.3) is 0 Å². The van der Waals surface area contributed by atoms with Crippen LogP contribution in [0.4, 0.5) is 10.5 Å². The lowest BCUT2D eigenvalue weighted by Crippen LogP contribution is -2.43. The van der Waals surface area contributed by atoms with Crippen LogP contribution < -0.4 is 15.4 Å². The van der Waals surface area contributed by atoms with Crippen molar-refractivity contribution >= 4 is 17.7 Å². The molecule has 1 rings (SSSR count). The van der Waals surface area contributed by atoms with Gasteiger partial charge in [0.15, 0.2) is 0 Å². The van der Waals surface area contributed by atoms with Gasteiger partial charge in [0.2, 0.25) is 5.91 Å². The third-order valence-electron chi connectivity index (χ3n) is 2.59. The highest BCUT2D eigenvalue weighted by Crippen LogP contribution is 2.27. The third kappa shape index (κ3) is 5.51. The number of aromatic hydroxyl groups is 1. The molecule has 2 amide bonds. The van der Waals surface area contributed by atoms with E-state index in [1.165, 1.54) is 26.2 Å². The van der Waals surface area contributed by atoms with E-state index in [-0.39, 0.29) is 11.4 Å². The largest absolute Gasteiger partial charge is 0.506 e. The van der Waals surface area contributed by atoms with Gasteiger partial charge in [-0.05, 0) is 39.8 Å². The number of nitrogens with one attached hydrogen (secondary N) is 2. The number of carbonyl (C=O) groups excluding carboxylic acids is 2. The van der Waals surface area contributed by atoms with Gasteiger partial charge in [0.1, 0.15) is 23.1 Å². The van der Waals surface area contributed by atoms with E-state index >= 15 is 0 Å². The zero-order chi connectivity index (χ0) is 16.9.